The second-order valence-corrected chi connectivity index (χ2v) is 5.26. The Kier molecular flexibility index (Phi) is 6.99. The summed E-state index contributed by atoms with van der Waals surface area (Å²) in [6, 6.07) is 11.4. The first-order valence-electron chi connectivity index (χ1n) is 7.10. The van der Waals surface area contributed by atoms with Crippen molar-refractivity contribution in [3.8, 4) is 0 Å². The third-order valence-electron chi connectivity index (χ3n) is 3.53. The zero-order valence-electron chi connectivity index (χ0n) is 12.4. The fraction of sp³-hybridized carbons (Fsp3) is 0.625. The van der Waals surface area contributed by atoms with E-state index in [1.165, 1.54) is 12.1 Å². The highest BCUT2D eigenvalue weighted by Crippen LogP contribution is 2.01. The Morgan fingerprint density at radius 3 is 2.22 bits per heavy atom. The van der Waals surface area contributed by atoms with Crippen LogP contribution in [-0.4, -0.2) is 49.1 Å². The maximum atomic E-state index is 2.51. The third kappa shape index (κ3) is 5.65. The summed E-state index contributed by atoms with van der Waals surface area (Å²) < 4.78 is 0. The van der Waals surface area contributed by atoms with Crippen LogP contribution in [-0.2, 0) is 6.42 Å². The molecule has 0 aromatic heterocycles. The number of nitrogens with zero attached hydrogens (tertiary/aromatic N) is 2. The molecule has 0 heterocycles. The van der Waals surface area contributed by atoms with Crippen LogP contribution < -0.4 is 0 Å². The molecule has 2 heteroatoms. The standard InChI is InChI=1S/C16H28N2/c1-5-18(15(2)3)14-13-17(4)12-11-16-9-7-6-8-10-16/h6-10,15H,5,11-14H2,1-4H3. The molecule has 0 unspecified atom stereocenters. The molecule has 0 atom stereocenters. The van der Waals surface area contributed by atoms with Gasteiger partial charge in [-0.05, 0) is 39.4 Å². The predicted molar refractivity (Wildman–Crippen MR) is 80.0 cm³/mol. The SMILES string of the molecule is CCN(CCN(C)CCc1ccccc1)C(C)C. The van der Waals surface area contributed by atoms with Crippen LogP contribution in [0.25, 0.3) is 0 Å². The van der Waals surface area contributed by atoms with Crippen molar-refractivity contribution < 1.29 is 0 Å². The first kappa shape index (κ1) is 15.2. The molecule has 0 aliphatic carbocycles. The Bertz CT molecular complexity index is 308. The van der Waals surface area contributed by atoms with Gasteiger partial charge in [-0.25, -0.2) is 0 Å². The molecule has 0 fully saturated rings. The van der Waals surface area contributed by atoms with Crippen molar-refractivity contribution in [1.82, 2.24) is 9.80 Å². The van der Waals surface area contributed by atoms with Crippen molar-refractivity contribution in [2.75, 3.05) is 33.2 Å². The first-order chi connectivity index (χ1) is 8.63. The Labute approximate surface area is 113 Å². The number of likely N-dealkylation sites (N-methyl/N-ethyl adjacent to an activating group) is 2. The molecule has 0 N–H and O–H groups in total. The molecule has 0 radical (unpaired) electrons. The van der Waals surface area contributed by atoms with E-state index in [2.05, 4.69) is 68.0 Å². The normalized spacial score (nSPS) is 11.7. The van der Waals surface area contributed by atoms with Crippen molar-refractivity contribution in [2.24, 2.45) is 0 Å². The molecule has 0 aliphatic heterocycles. The van der Waals surface area contributed by atoms with Gasteiger partial charge in [-0.2, -0.15) is 0 Å². The van der Waals surface area contributed by atoms with E-state index in [4.69, 9.17) is 0 Å². The van der Waals surface area contributed by atoms with E-state index >= 15 is 0 Å². The van der Waals surface area contributed by atoms with Crippen LogP contribution in [0.1, 0.15) is 26.3 Å². The fourth-order valence-electron chi connectivity index (χ4n) is 2.16. The van der Waals surface area contributed by atoms with Crippen molar-refractivity contribution in [1.29, 1.82) is 0 Å². The van der Waals surface area contributed by atoms with Crippen LogP contribution in [0.2, 0.25) is 0 Å². The Morgan fingerprint density at radius 2 is 1.67 bits per heavy atom. The van der Waals surface area contributed by atoms with Crippen molar-refractivity contribution in [3.63, 3.8) is 0 Å². The van der Waals surface area contributed by atoms with Gasteiger partial charge in [0.15, 0.2) is 0 Å². The molecule has 1 rings (SSSR count). The van der Waals surface area contributed by atoms with Crippen LogP contribution in [0.15, 0.2) is 30.3 Å². The molecular formula is C16H28N2. The minimum atomic E-state index is 0.650. The highest BCUT2D eigenvalue weighted by molar-refractivity contribution is 5.14. The second kappa shape index (κ2) is 8.28. The largest absolute Gasteiger partial charge is 0.305 e. The van der Waals surface area contributed by atoms with Crippen molar-refractivity contribution in [2.45, 2.75) is 33.2 Å². The third-order valence-corrected chi connectivity index (χ3v) is 3.53. The summed E-state index contributed by atoms with van der Waals surface area (Å²) >= 11 is 0. The second-order valence-electron chi connectivity index (χ2n) is 5.26. The zero-order chi connectivity index (χ0) is 13.4. The molecule has 18 heavy (non-hydrogen) atoms. The number of benzene rings is 1. The fourth-order valence-corrected chi connectivity index (χ4v) is 2.16. The summed E-state index contributed by atoms with van der Waals surface area (Å²) in [7, 11) is 2.22. The van der Waals surface area contributed by atoms with Crippen LogP contribution in [0.4, 0.5) is 0 Å². The summed E-state index contributed by atoms with van der Waals surface area (Å²) in [5, 5.41) is 0. The van der Waals surface area contributed by atoms with Crippen molar-refractivity contribution >= 4 is 0 Å². The molecule has 0 saturated carbocycles. The minimum Gasteiger partial charge on any atom is -0.305 e. The van der Waals surface area contributed by atoms with E-state index in [0.29, 0.717) is 6.04 Å². The van der Waals surface area contributed by atoms with Crippen LogP contribution in [0.5, 0.6) is 0 Å². The average Bonchev–Trinajstić information content (AvgIpc) is 2.38. The predicted octanol–water partition coefficient (Wildman–Crippen LogP) is 2.89. The summed E-state index contributed by atoms with van der Waals surface area (Å²) in [4.78, 5) is 4.94. The monoisotopic (exact) mass is 248 g/mol. The molecule has 0 amide bonds. The van der Waals surface area contributed by atoms with Gasteiger partial charge in [-0.1, -0.05) is 37.3 Å². The lowest BCUT2D eigenvalue weighted by Crippen LogP contribution is -2.37. The summed E-state index contributed by atoms with van der Waals surface area (Å²) in [5.41, 5.74) is 1.43. The molecular weight excluding hydrogens is 220 g/mol. The van der Waals surface area contributed by atoms with E-state index < -0.39 is 0 Å². The molecule has 0 aliphatic rings. The topological polar surface area (TPSA) is 6.48 Å². The van der Waals surface area contributed by atoms with Crippen LogP contribution in [0, 0.1) is 0 Å². The van der Waals surface area contributed by atoms with Gasteiger partial charge >= 0.3 is 0 Å². The van der Waals surface area contributed by atoms with Gasteiger partial charge in [0.25, 0.3) is 0 Å². The highest BCUT2D eigenvalue weighted by Gasteiger charge is 2.07. The molecule has 0 saturated heterocycles. The molecule has 0 bridgehead atoms. The molecule has 102 valence electrons. The van der Waals surface area contributed by atoms with E-state index in [9.17, 15) is 0 Å². The van der Waals surface area contributed by atoms with E-state index in [0.717, 1.165) is 26.1 Å². The highest BCUT2D eigenvalue weighted by atomic mass is 15.2. The maximum Gasteiger partial charge on any atom is 0.0112 e. The van der Waals surface area contributed by atoms with Crippen LogP contribution in [0.3, 0.4) is 0 Å². The molecule has 1 aromatic rings. The van der Waals surface area contributed by atoms with Crippen LogP contribution >= 0.6 is 0 Å². The van der Waals surface area contributed by atoms with Gasteiger partial charge in [-0.3, -0.25) is 4.90 Å². The van der Waals surface area contributed by atoms with Gasteiger partial charge in [0.05, 0.1) is 0 Å². The lowest BCUT2D eigenvalue weighted by molar-refractivity contribution is 0.198. The Morgan fingerprint density at radius 1 is 1.00 bits per heavy atom. The lowest BCUT2D eigenvalue weighted by Gasteiger charge is -2.27. The lowest BCUT2D eigenvalue weighted by atomic mass is 10.1. The average molecular weight is 248 g/mol. The number of hydrogen-bond donors (Lipinski definition) is 0. The number of hydrogen-bond acceptors (Lipinski definition) is 2. The Balaban J connectivity index is 2.23. The maximum absolute atomic E-state index is 2.51. The quantitative estimate of drug-likeness (QED) is 0.698. The van der Waals surface area contributed by atoms with E-state index in [1.807, 2.05) is 0 Å². The summed E-state index contributed by atoms with van der Waals surface area (Å²) in [6.45, 7) is 11.4. The number of rotatable bonds is 8. The Hall–Kier alpha value is -0.860. The summed E-state index contributed by atoms with van der Waals surface area (Å²) in [6.07, 6.45) is 1.14. The van der Waals surface area contributed by atoms with Gasteiger partial charge in [0.2, 0.25) is 0 Å². The summed E-state index contributed by atoms with van der Waals surface area (Å²) in [5.74, 6) is 0. The molecule has 2 nitrogen and oxygen atoms in total. The van der Waals surface area contributed by atoms with E-state index in [-0.39, 0.29) is 0 Å². The van der Waals surface area contributed by atoms with Gasteiger partial charge in [0, 0.05) is 25.7 Å². The van der Waals surface area contributed by atoms with E-state index in [1.54, 1.807) is 0 Å². The van der Waals surface area contributed by atoms with Gasteiger partial charge in [0.1, 0.15) is 0 Å². The smallest absolute Gasteiger partial charge is 0.0112 e. The van der Waals surface area contributed by atoms with Gasteiger partial charge < -0.3 is 4.90 Å². The van der Waals surface area contributed by atoms with Gasteiger partial charge in [-0.15, -0.1) is 0 Å². The first-order valence-corrected chi connectivity index (χ1v) is 7.10. The molecule has 0 spiro atoms. The minimum absolute atomic E-state index is 0.650. The zero-order valence-corrected chi connectivity index (χ0v) is 12.4. The molecule has 1 aromatic carbocycles. The van der Waals surface area contributed by atoms with Crippen molar-refractivity contribution in [3.05, 3.63) is 35.9 Å².